The first kappa shape index (κ1) is 22.6. The maximum absolute atomic E-state index is 12.6. The standard InChI is InChI=1S/C26H27N3O4/c1-3-6-21(4-2)27-11-5-7-19-8-9-23-20(15-19)10-12-29-24(23)16-25(28-26(29)30)33-18-22-17-31-13-14-32-22/h3-4,6,8-9,15-16,22,27H,1-2,10-14,17-18H2/b21-6+. The van der Waals surface area contributed by atoms with Crippen LogP contribution in [0.2, 0.25) is 0 Å². The molecule has 1 saturated heterocycles. The molecule has 2 aliphatic rings. The van der Waals surface area contributed by atoms with E-state index in [1.165, 1.54) is 0 Å². The van der Waals surface area contributed by atoms with Gasteiger partial charge in [-0.25, -0.2) is 4.79 Å². The van der Waals surface area contributed by atoms with Crippen LogP contribution in [0.25, 0.3) is 11.3 Å². The van der Waals surface area contributed by atoms with E-state index in [-0.39, 0.29) is 11.8 Å². The highest BCUT2D eigenvalue weighted by molar-refractivity contribution is 5.68. The molecule has 2 aliphatic heterocycles. The van der Waals surface area contributed by atoms with Crippen LogP contribution in [0.15, 0.2) is 66.1 Å². The van der Waals surface area contributed by atoms with Gasteiger partial charge in [0.15, 0.2) is 0 Å². The highest BCUT2D eigenvalue weighted by atomic mass is 16.6. The van der Waals surface area contributed by atoms with Crippen molar-refractivity contribution in [3.63, 3.8) is 0 Å². The van der Waals surface area contributed by atoms with Crippen molar-refractivity contribution < 1.29 is 14.2 Å². The lowest BCUT2D eigenvalue weighted by molar-refractivity contribution is -0.102. The summed E-state index contributed by atoms with van der Waals surface area (Å²) < 4.78 is 18.4. The molecule has 0 radical (unpaired) electrons. The minimum absolute atomic E-state index is 0.155. The van der Waals surface area contributed by atoms with E-state index >= 15 is 0 Å². The van der Waals surface area contributed by atoms with Crippen molar-refractivity contribution in [3.05, 3.63) is 83.0 Å². The Kier molecular flexibility index (Phi) is 7.40. The number of rotatable bonds is 7. The summed E-state index contributed by atoms with van der Waals surface area (Å²) in [6, 6.07) is 7.87. The zero-order valence-electron chi connectivity index (χ0n) is 18.5. The lowest BCUT2D eigenvalue weighted by atomic mass is 9.95. The normalized spacial score (nSPS) is 17.1. The maximum atomic E-state index is 12.6. The second kappa shape index (κ2) is 10.8. The zero-order valence-corrected chi connectivity index (χ0v) is 18.5. The number of aryl methyl sites for hydroxylation is 1. The van der Waals surface area contributed by atoms with Crippen molar-refractivity contribution >= 4 is 0 Å². The number of allylic oxidation sites excluding steroid dienone is 3. The van der Waals surface area contributed by atoms with Gasteiger partial charge in [0, 0.05) is 29.4 Å². The van der Waals surface area contributed by atoms with E-state index < -0.39 is 0 Å². The molecule has 0 saturated carbocycles. The van der Waals surface area contributed by atoms with E-state index in [0.29, 0.717) is 45.4 Å². The van der Waals surface area contributed by atoms with Gasteiger partial charge in [0.05, 0.1) is 32.1 Å². The van der Waals surface area contributed by atoms with E-state index in [4.69, 9.17) is 14.2 Å². The van der Waals surface area contributed by atoms with Crippen LogP contribution in [-0.4, -0.2) is 48.6 Å². The Morgan fingerprint density at radius 3 is 3.03 bits per heavy atom. The van der Waals surface area contributed by atoms with Gasteiger partial charge in [-0.2, -0.15) is 4.98 Å². The molecular formula is C26H27N3O4. The van der Waals surface area contributed by atoms with E-state index in [1.54, 1.807) is 16.7 Å². The fourth-order valence-corrected chi connectivity index (χ4v) is 3.79. The lowest BCUT2D eigenvalue weighted by Crippen LogP contribution is -2.34. The van der Waals surface area contributed by atoms with Crippen molar-refractivity contribution in [1.82, 2.24) is 14.9 Å². The largest absolute Gasteiger partial charge is 0.475 e. The number of hydrogen-bond acceptors (Lipinski definition) is 6. The van der Waals surface area contributed by atoms with Crippen LogP contribution in [0.1, 0.15) is 11.1 Å². The molecule has 3 heterocycles. The number of nitrogens with zero attached hydrogens (tertiary/aromatic N) is 2. The average Bonchev–Trinajstić information content (AvgIpc) is 2.85. The molecule has 33 heavy (non-hydrogen) atoms. The van der Waals surface area contributed by atoms with Gasteiger partial charge in [0.2, 0.25) is 5.88 Å². The van der Waals surface area contributed by atoms with Gasteiger partial charge in [-0.1, -0.05) is 37.1 Å². The quantitative estimate of drug-likeness (QED) is 0.521. The van der Waals surface area contributed by atoms with Crippen LogP contribution in [0.3, 0.4) is 0 Å². The fraction of sp³-hybridized carbons (Fsp3) is 0.308. The summed E-state index contributed by atoms with van der Waals surface area (Å²) in [5, 5.41) is 3.19. The minimum Gasteiger partial charge on any atom is -0.475 e. The fourth-order valence-electron chi connectivity index (χ4n) is 3.79. The molecule has 1 aromatic heterocycles. The number of nitrogens with one attached hydrogen (secondary N) is 1. The van der Waals surface area contributed by atoms with Crippen LogP contribution in [0, 0.1) is 11.8 Å². The Balaban J connectivity index is 1.49. The first-order chi connectivity index (χ1) is 16.2. The summed E-state index contributed by atoms with van der Waals surface area (Å²) in [5.74, 6) is 6.61. The van der Waals surface area contributed by atoms with Gasteiger partial charge in [0.1, 0.15) is 12.7 Å². The molecule has 7 nitrogen and oxygen atoms in total. The van der Waals surface area contributed by atoms with E-state index in [1.807, 2.05) is 24.3 Å². The van der Waals surface area contributed by atoms with Crippen molar-refractivity contribution in [2.24, 2.45) is 0 Å². The SMILES string of the molecule is C=C/C=C(\C=C)NCC#Cc1ccc2c(c1)CCn1c-2cc(OCC2COCCO2)nc1=O. The topological polar surface area (TPSA) is 74.6 Å². The molecule has 7 heteroatoms. The Morgan fingerprint density at radius 2 is 2.24 bits per heavy atom. The molecule has 1 aromatic carbocycles. The first-order valence-electron chi connectivity index (χ1n) is 10.9. The van der Waals surface area contributed by atoms with Crippen LogP contribution < -0.4 is 15.7 Å². The summed E-state index contributed by atoms with van der Waals surface area (Å²) in [7, 11) is 0. The number of ether oxygens (including phenoxy) is 3. The molecule has 0 amide bonds. The van der Waals surface area contributed by atoms with E-state index in [0.717, 1.165) is 34.5 Å². The van der Waals surface area contributed by atoms with Crippen LogP contribution in [0.4, 0.5) is 0 Å². The molecule has 1 unspecified atom stereocenters. The molecular weight excluding hydrogens is 418 g/mol. The van der Waals surface area contributed by atoms with Crippen molar-refractivity contribution in [2.75, 3.05) is 33.0 Å². The van der Waals surface area contributed by atoms with Crippen LogP contribution >= 0.6 is 0 Å². The lowest BCUT2D eigenvalue weighted by Gasteiger charge is -2.24. The predicted molar refractivity (Wildman–Crippen MR) is 127 cm³/mol. The Bertz CT molecular complexity index is 1180. The van der Waals surface area contributed by atoms with Crippen LogP contribution in [0.5, 0.6) is 5.88 Å². The monoisotopic (exact) mass is 445 g/mol. The van der Waals surface area contributed by atoms with Gasteiger partial charge in [-0.05, 0) is 36.3 Å². The van der Waals surface area contributed by atoms with Crippen LogP contribution in [-0.2, 0) is 22.4 Å². The minimum atomic E-state index is -0.311. The molecule has 1 N–H and O–H groups in total. The number of hydrogen-bond donors (Lipinski definition) is 1. The molecule has 0 spiro atoms. The first-order valence-corrected chi connectivity index (χ1v) is 10.9. The smallest absolute Gasteiger partial charge is 0.351 e. The van der Waals surface area contributed by atoms with Crippen molar-refractivity contribution in [2.45, 2.75) is 19.1 Å². The zero-order chi connectivity index (χ0) is 23.0. The third-order valence-corrected chi connectivity index (χ3v) is 5.41. The molecule has 0 bridgehead atoms. The van der Waals surface area contributed by atoms with Gasteiger partial charge in [-0.15, -0.1) is 0 Å². The summed E-state index contributed by atoms with van der Waals surface area (Å²) in [6.45, 7) is 10.4. The van der Waals surface area contributed by atoms with Gasteiger partial charge >= 0.3 is 5.69 Å². The highest BCUT2D eigenvalue weighted by Gasteiger charge is 2.20. The Morgan fingerprint density at radius 1 is 1.33 bits per heavy atom. The second-order valence-corrected chi connectivity index (χ2v) is 7.63. The molecule has 1 fully saturated rings. The molecule has 170 valence electrons. The number of aromatic nitrogens is 2. The van der Waals surface area contributed by atoms with E-state index in [2.05, 4.69) is 41.4 Å². The summed E-state index contributed by atoms with van der Waals surface area (Å²) in [6.07, 6.45) is 5.86. The maximum Gasteiger partial charge on any atom is 0.351 e. The van der Waals surface area contributed by atoms with Gasteiger partial charge in [0.25, 0.3) is 0 Å². The highest BCUT2D eigenvalue weighted by Crippen LogP contribution is 2.30. The van der Waals surface area contributed by atoms with E-state index in [9.17, 15) is 4.79 Å². The summed E-state index contributed by atoms with van der Waals surface area (Å²) in [5.41, 5.74) is 4.44. The predicted octanol–water partition coefficient (Wildman–Crippen LogP) is 2.46. The summed E-state index contributed by atoms with van der Waals surface area (Å²) >= 11 is 0. The number of benzene rings is 1. The molecule has 0 aliphatic carbocycles. The molecule has 1 atom stereocenters. The summed E-state index contributed by atoms with van der Waals surface area (Å²) in [4.78, 5) is 16.7. The second-order valence-electron chi connectivity index (χ2n) is 7.63. The van der Waals surface area contributed by atoms with Gasteiger partial charge < -0.3 is 19.5 Å². The molecule has 2 aromatic rings. The Labute approximate surface area is 193 Å². The van der Waals surface area contributed by atoms with Crippen molar-refractivity contribution in [1.29, 1.82) is 0 Å². The number of fused-ring (bicyclic) bond motifs is 3. The third kappa shape index (κ3) is 5.61. The third-order valence-electron chi connectivity index (χ3n) is 5.41. The van der Waals surface area contributed by atoms with Crippen molar-refractivity contribution in [3.8, 4) is 29.0 Å². The average molecular weight is 446 g/mol. The van der Waals surface area contributed by atoms with Gasteiger partial charge in [-0.3, -0.25) is 4.57 Å². The molecule has 4 rings (SSSR count). The Hall–Kier alpha value is -3.60.